The second-order valence-corrected chi connectivity index (χ2v) is 15.2. The normalized spacial score (nSPS) is 14.2. The van der Waals surface area contributed by atoms with Gasteiger partial charge in [0.25, 0.3) is 0 Å². The van der Waals surface area contributed by atoms with E-state index in [1.54, 1.807) is 0 Å². The van der Waals surface area contributed by atoms with Crippen LogP contribution >= 0.6 is 0 Å². The zero-order valence-electron chi connectivity index (χ0n) is 6.71. The van der Waals surface area contributed by atoms with Crippen LogP contribution in [0.3, 0.4) is 0 Å². The fourth-order valence-corrected chi connectivity index (χ4v) is 0. The summed E-state index contributed by atoms with van der Waals surface area (Å²) in [5.41, 5.74) is 0. The Labute approximate surface area is 56.0 Å². The molecule has 49 valence electrons. The molecular formula is C7H17Ge. The van der Waals surface area contributed by atoms with Gasteiger partial charge in [-0.1, -0.05) is 0 Å². The molecule has 0 unspecified atom stereocenters. The molecule has 0 aliphatic carbocycles. The van der Waals surface area contributed by atoms with Gasteiger partial charge in [-0.05, 0) is 0 Å². The average molecular weight is 174 g/mol. The first-order chi connectivity index (χ1) is 3.25. The first kappa shape index (κ1) is 8.54. The van der Waals surface area contributed by atoms with E-state index in [0.29, 0.717) is 4.25 Å². The number of rotatable bonds is 0. The van der Waals surface area contributed by atoms with Crippen molar-refractivity contribution >= 4 is 13.3 Å². The van der Waals surface area contributed by atoms with E-state index in [1.807, 2.05) is 0 Å². The van der Waals surface area contributed by atoms with Crippen LogP contribution in [0.5, 0.6) is 0 Å². The van der Waals surface area contributed by atoms with Crippen LogP contribution in [0, 0.1) is 5.76 Å². The van der Waals surface area contributed by atoms with Gasteiger partial charge < -0.3 is 0 Å². The molecule has 0 aliphatic heterocycles. The Morgan fingerprint density at radius 2 is 1.25 bits per heavy atom. The topological polar surface area (TPSA) is 0 Å². The van der Waals surface area contributed by atoms with Gasteiger partial charge in [0.05, 0.1) is 0 Å². The zero-order chi connectivity index (χ0) is 7.00. The predicted octanol–water partition coefficient (Wildman–Crippen LogP) is 2.87. The standard InChI is InChI=1S/C7H17Ge/c1-7(2,3)8(4,5)6/h4H2,1-3,5-6H3. The molecule has 0 heterocycles. The van der Waals surface area contributed by atoms with Crippen molar-refractivity contribution in [2.24, 2.45) is 0 Å². The minimum atomic E-state index is -1.56. The van der Waals surface area contributed by atoms with E-state index in [4.69, 9.17) is 0 Å². The monoisotopic (exact) mass is 175 g/mol. The van der Waals surface area contributed by atoms with Crippen molar-refractivity contribution in [3.63, 3.8) is 0 Å². The van der Waals surface area contributed by atoms with Crippen LogP contribution in [0.15, 0.2) is 0 Å². The Hall–Kier alpha value is 0.543. The van der Waals surface area contributed by atoms with Crippen LogP contribution in [-0.4, -0.2) is 13.3 Å². The van der Waals surface area contributed by atoms with Crippen molar-refractivity contribution in [2.45, 2.75) is 36.5 Å². The zero-order valence-corrected chi connectivity index (χ0v) is 8.81. The van der Waals surface area contributed by atoms with Gasteiger partial charge in [0.1, 0.15) is 0 Å². The second kappa shape index (κ2) is 2.05. The predicted molar refractivity (Wildman–Crippen MR) is 42.6 cm³/mol. The van der Waals surface area contributed by atoms with Crippen LogP contribution in [0.25, 0.3) is 0 Å². The fraction of sp³-hybridized carbons (Fsp3) is 0.857. The summed E-state index contributed by atoms with van der Waals surface area (Å²) in [6, 6.07) is 0. The Kier molecular flexibility index (Phi) is 2.19. The maximum absolute atomic E-state index is 4.23. The van der Waals surface area contributed by atoms with Crippen molar-refractivity contribution in [2.75, 3.05) is 0 Å². The van der Waals surface area contributed by atoms with Crippen molar-refractivity contribution in [1.29, 1.82) is 0 Å². The third kappa shape index (κ3) is 2.21. The van der Waals surface area contributed by atoms with E-state index in [1.165, 1.54) is 0 Å². The second-order valence-electron chi connectivity index (χ2n) is 4.13. The minimum absolute atomic E-state index is 0.514. The van der Waals surface area contributed by atoms with Gasteiger partial charge in [-0.3, -0.25) is 0 Å². The molecule has 0 aromatic heterocycles. The van der Waals surface area contributed by atoms with Crippen LogP contribution in [0.4, 0.5) is 0 Å². The van der Waals surface area contributed by atoms with Crippen molar-refractivity contribution in [1.82, 2.24) is 0 Å². The van der Waals surface area contributed by atoms with Gasteiger partial charge in [0, 0.05) is 0 Å². The molecule has 1 heteroatoms. The molecule has 0 aromatic rings. The summed E-state index contributed by atoms with van der Waals surface area (Å²) in [5.74, 6) is 8.92. The van der Waals surface area contributed by atoms with E-state index < -0.39 is 13.3 Å². The van der Waals surface area contributed by atoms with E-state index in [9.17, 15) is 0 Å². The van der Waals surface area contributed by atoms with E-state index in [2.05, 4.69) is 38.0 Å². The van der Waals surface area contributed by atoms with Gasteiger partial charge in [-0.2, -0.15) is 0 Å². The molecule has 0 nitrogen and oxygen atoms in total. The molecule has 0 bridgehead atoms. The molecular weight excluding hydrogens is 157 g/mol. The third-order valence-corrected chi connectivity index (χ3v) is 10.5. The summed E-state index contributed by atoms with van der Waals surface area (Å²) in [6.45, 7) is 6.88. The summed E-state index contributed by atoms with van der Waals surface area (Å²) in [5, 5.41) is 0. The molecule has 1 radical (unpaired) electrons. The molecule has 0 N–H and O–H groups in total. The van der Waals surface area contributed by atoms with Crippen LogP contribution in [-0.2, 0) is 0 Å². The van der Waals surface area contributed by atoms with E-state index >= 15 is 0 Å². The molecule has 0 amide bonds. The number of hydrogen-bond acceptors (Lipinski definition) is 0. The molecule has 0 atom stereocenters. The van der Waals surface area contributed by atoms with Crippen molar-refractivity contribution < 1.29 is 0 Å². The molecule has 0 spiro atoms. The molecule has 0 aliphatic rings. The van der Waals surface area contributed by atoms with Crippen LogP contribution < -0.4 is 0 Å². The average Bonchev–Trinajstić information content (AvgIpc) is 1.25. The molecule has 0 aromatic carbocycles. The molecule has 0 fully saturated rings. The van der Waals surface area contributed by atoms with Gasteiger partial charge in [-0.15, -0.1) is 0 Å². The summed E-state index contributed by atoms with van der Waals surface area (Å²) >= 11 is -1.56. The molecule has 8 heavy (non-hydrogen) atoms. The summed E-state index contributed by atoms with van der Waals surface area (Å²) in [6.07, 6.45) is 0. The van der Waals surface area contributed by atoms with Gasteiger partial charge in [-0.25, -0.2) is 0 Å². The SMILES string of the molecule is [CH2][Ge]([CH3])([CH3])[C](C)(C)C. The van der Waals surface area contributed by atoms with Crippen LogP contribution in [0.2, 0.25) is 15.8 Å². The maximum atomic E-state index is 4.23. The summed E-state index contributed by atoms with van der Waals surface area (Å²) in [4.78, 5) is 0. The first-order valence-electron chi connectivity index (χ1n) is 3.10. The number of hydrogen-bond donors (Lipinski definition) is 0. The van der Waals surface area contributed by atoms with Gasteiger partial charge >= 0.3 is 55.6 Å². The molecule has 0 saturated carbocycles. The summed E-state index contributed by atoms with van der Waals surface area (Å²) in [7, 11) is 0. The van der Waals surface area contributed by atoms with E-state index in [-0.39, 0.29) is 0 Å². The van der Waals surface area contributed by atoms with Crippen molar-refractivity contribution in [3.05, 3.63) is 5.76 Å². The van der Waals surface area contributed by atoms with Gasteiger partial charge in [0.15, 0.2) is 0 Å². The van der Waals surface area contributed by atoms with Gasteiger partial charge in [0.2, 0.25) is 0 Å². The fourth-order valence-electron chi connectivity index (χ4n) is 0. The molecule has 0 rings (SSSR count). The molecule has 0 saturated heterocycles. The van der Waals surface area contributed by atoms with Crippen molar-refractivity contribution in [3.8, 4) is 0 Å². The Morgan fingerprint density at radius 1 is 1.12 bits per heavy atom. The van der Waals surface area contributed by atoms with E-state index in [0.717, 1.165) is 0 Å². The third-order valence-electron chi connectivity index (χ3n) is 2.03. The quantitative estimate of drug-likeness (QED) is 0.495. The Bertz CT molecular complexity index is 59.4. The van der Waals surface area contributed by atoms with Crippen LogP contribution in [0.1, 0.15) is 20.8 Å². The Balaban J connectivity index is 4.02. The Morgan fingerprint density at radius 3 is 1.25 bits per heavy atom. The summed E-state index contributed by atoms with van der Waals surface area (Å²) < 4.78 is 0.514. The first-order valence-corrected chi connectivity index (χ1v) is 9.83.